The minimum Gasteiger partial charge on any atom is -0.399 e. The normalized spacial score (nSPS) is 19.9. The average Bonchev–Trinajstić information content (AvgIpc) is 3.07. The van der Waals surface area contributed by atoms with Gasteiger partial charge >= 0.3 is 7.12 Å². The first-order chi connectivity index (χ1) is 16.7. The van der Waals surface area contributed by atoms with Crippen molar-refractivity contribution in [3.8, 4) is 0 Å². The first kappa shape index (κ1) is 28.1. The summed E-state index contributed by atoms with van der Waals surface area (Å²) in [5.74, 6) is 0.110. The van der Waals surface area contributed by atoms with Gasteiger partial charge in [-0.25, -0.2) is 0 Å². The molecule has 1 saturated heterocycles. The van der Waals surface area contributed by atoms with Crippen molar-refractivity contribution >= 4 is 18.5 Å². The molecule has 2 aliphatic rings. The zero-order chi connectivity index (χ0) is 25.5. The number of benzene rings is 1. The summed E-state index contributed by atoms with van der Waals surface area (Å²) in [6.07, 6.45) is 6.40. The van der Waals surface area contributed by atoms with Crippen LogP contribution in [0.15, 0.2) is 24.3 Å². The molecule has 3 rings (SSSR count). The van der Waals surface area contributed by atoms with E-state index in [1.54, 1.807) is 14.2 Å². The third-order valence-corrected chi connectivity index (χ3v) is 7.68. The van der Waals surface area contributed by atoms with Crippen molar-refractivity contribution in [1.82, 2.24) is 4.90 Å². The van der Waals surface area contributed by atoms with Gasteiger partial charge in [0.05, 0.1) is 37.4 Å². The maximum Gasteiger partial charge on any atom is 0.494 e. The first-order valence-electron chi connectivity index (χ1n) is 13.0. The maximum absolute atomic E-state index is 13.0. The molecule has 7 nitrogen and oxygen atoms in total. The van der Waals surface area contributed by atoms with E-state index in [2.05, 4.69) is 39.8 Å². The molecule has 196 valence electrons. The van der Waals surface area contributed by atoms with Gasteiger partial charge in [-0.3, -0.25) is 4.79 Å². The van der Waals surface area contributed by atoms with E-state index in [0.29, 0.717) is 26.2 Å². The van der Waals surface area contributed by atoms with Crippen LogP contribution in [-0.4, -0.2) is 75.4 Å². The van der Waals surface area contributed by atoms with Crippen molar-refractivity contribution in [3.63, 3.8) is 0 Å². The molecule has 1 amide bonds. The maximum atomic E-state index is 13.0. The van der Waals surface area contributed by atoms with Crippen molar-refractivity contribution < 1.29 is 28.3 Å². The number of carbonyl (C=O) groups excluding carboxylic acids is 1. The minimum atomic E-state index is -0.405. The van der Waals surface area contributed by atoms with Crippen LogP contribution in [0, 0.1) is 0 Å². The van der Waals surface area contributed by atoms with E-state index in [9.17, 15) is 4.79 Å². The van der Waals surface area contributed by atoms with Crippen LogP contribution < -0.4 is 5.46 Å². The van der Waals surface area contributed by atoms with E-state index in [4.69, 9.17) is 23.5 Å². The van der Waals surface area contributed by atoms with Gasteiger partial charge in [0.1, 0.15) is 0 Å². The van der Waals surface area contributed by atoms with Gasteiger partial charge in [-0.05, 0) is 58.0 Å². The summed E-state index contributed by atoms with van der Waals surface area (Å²) in [5.41, 5.74) is 1.46. The molecule has 8 heteroatoms. The highest BCUT2D eigenvalue weighted by atomic mass is 16.7. The second kappa shape index (κ2) is 12.7. The van der Waals surface area contributed by atoms with Gasteiger partial charge in [0.25, 0.3) is 0 Å². The zero-order valence-electron chi connectivity index (χ0n) is 22.5. The number of hydrogen-bond donors (Lipinski definition) is 0. The number of nitrogens with zero attached hydrogens (tertiary/aromatic N) is 1. The molecule has 0 bridgehead atoms. The summed E-state index contributed by atoms with van der Waals surface area (Å²) >= 11 is 0. The molecule has 35 heavy (non-hydrogen) atoms. The number of methoxy groups -OCH3 is 2. The highest BCUT2D eigenvalue weighted by molar-refractivity contribution is 6.62. The molecule has 0 radical (unpaired) electrons. The third-order valence-electron chi connectivity index (χ3n) is 7.68. The van der Waals surface area contributed by atoms with Gasteiger partial charge in [0.2, 0.25) is 5.91 Å². The molecule has 2 fully saturated rings. The second-order valence-electron chi connectivity index (χ2n) is 10.7. The Balaban J connectivity index is 1.46. The van der Waals surface area contributed by atoms with Crippen LogP contribution in [0.2, 0.25) is 0 Å². The lowest BCUT2D eigenvalue weighted by Gasteiger charge is -2.36. The lowest BCUT2D eigenvalue weighted by atomic mass is 9.78. The Kier molecular flexibility index (Phi) is 10.2. The number of carbonyl (C=O) groups is 1. The molecule has 0 unspecified atom stereocenters. The lowest BCUT2D eigenvalue weighted by Crippen LogP contribution is -2.46. The molecular formula is C27H44BNO6. The number of hydrogen-bond acceptors (Lipinski definition) is 6. The predicted octanol–water partition coefficient (Wildman–Crippen LogP) is 3.72. The second-order valence-corrected chi connectivity index (χ2v) is 10.7. The van der Waals surface area contributed by atoms with Crippen LogP contribution >= 0.6 is 0 Å². The summed E-state index contributed by atoms with van der Waals surface area (Å²) in [6.45, 7) is 9.67. The fourth-order valence-corrected chi connectivity index (χ4v) is 4.72. The standard InChI is InChI=1S/C27H44BNO6/c1-26(2)27(3,4)35-28(34-26)22-12-10-11-21(19-22)15-17-33-18-16-24(30)29(20-25(31-5)32-6)23-13-8-7-9-14-23/h10-12,19,23,25H,7-9,13-18,20H2,1-6H3. The Bertz CT molecular complexity index is 791. The topological polar surface area (TPSA) is 66.5 Å². The van der Waals surface area contributed by atoms with Crippen LogP contribution in [0.25, 0.3) is 0 Å². The molecule has 1 heterocycles. The molecule has 0 atom stereocenters. The smallest absolute Gasteiger partial charge is 0.399 e. The van der Waals surface area contributed by atoms with Gasteiger partial charge in [0, 0.05) is 20.3 Å². The number of ether oxygens (including phenoxy) is 3. The van der Waals surface area contributed by atoms with Gasteiger partial charge in [-0.1, -0.05) is 43.5 Å². The molecule has 0 aromatic heterocycles. The molecule has 1 aromatic carbocycles. The average molecular weight is 489 g/mol. The van der Waals surface area contributed by atoms with Crippen LogP contribution in [-0.2, 0) is 34.7 Å². The molecule has 0 N–H and O–H groups in total. The minimum absolute atomic E-state index is 0.110. The fraction of sp³-hybridized carbons (Fsp3) is 0.741. The Morgan fingerprint density at radius 2 is 1.71 bits per heavy atom. The summed E-state index contributed by atoms with van der Waals surface area (Å²) in [4.78, 5) is 15.0. The molecular weight excluding hydrogens is 445 g/mol. The van der Waals surface area contributed by atoms with Crippen LogP contribution in [0.3, 0.4) is 0 Å². The Hall–Kier alpha value is -1.45. The van der Waals surface area contributed by atoms with E-state index in [1.165, 1.54) is 19.3 Å². The predicted molar refractivity (Wildman–Crippen MR) is 138 cm³/mol. The van der Waals surface area contributed by atoms with Gasteiger partial charge < -0.3 is 28.4 Å². The SMILES string of the molecule is COC(CN(C(=O)CCOCCc1cccc(B2OC(C)(C)C(C)(C)O2)c1)C1CCCCC1)OC. The van der Waals surface area contributed by atoms with Crippen molar-refractivity contribution in [3.05, 3.63) is 29.8 Å². The number of amides is 1. The Morgan fingerprint density at radius 3 is 2.34 bits per heavy atom. The molecule has 1 saturated carbocycles. The van der Waals surface area contributed by atoms with Gasteiger partial charge in [-0.15, -0.1) is 0 Å². The summed E-state index contributed by atoms with van der Waals surface area (Å²) in [5, 5.41) is 0. The molecule has 1 aromatic rings. The van der Waals surface area contributed by atoms with Crippen LogP contribution in [0.1, 0.15) is 71.8 Å². The monoisotopic (exact) mass is 489 g/mol. The van der Waals surface area contributed by atoms with Crippen LogP contribution in [0.5, 0.6) is 0 Å². The van der Waals surface area contributed by atoms with Crippen molar-refractivity contribution in [2.75, 3.05) is 34.0 Å². The van der Waals surface area contributed by atoms with E-state index in [0.717, 1.165) is 30.3 Å². The number of rotatable bonds is 12. The van der Waals surface area contributed by atoms with Gasteiger partial charge in [-0.2, -0.15) is 0 Å². The van der Waals surface area contributed by atoms with Gasteiger partial charge in [0.15, 0.2) is 6.29 Å². The van der Waals surface area contributed by atoms with E-state index < -0.39 is 6.29 Å². The largest absolute Gasteiger partial charge is 0.494 e. The molecule has 1 aliphatic carbocycles. The Morgan fingerprint density at radius 1 is 1.06 bits per heavy atom. The highest BCUT2D eigenvalue weighted by Crippen LogP contribution is 2.36. The zero-order valence-corrected chi connectivity index (χ0v) is 22.5. The van der Waals surface area contributed by atoms with Crippen molar-refractivity contribution in [1.29, 1.82) is 0 Å². The molecule has 0 spiro atoms. The molecule has 1 aliphatic heterocycles. The fourth-order valence-electron chi connectivity index (χ4n) is 4.72. The highest BCUT2D eigenvalue weighted by Gasteiger charge is 2.51. The third kappa shape index (κ3) is 7.52. The van der Waals surface area contributed by atoms with E-state index in [-0.39, 0.29) is 30.3 Å². The summed E-state index contributed by atoms with van der Waals surface area (Å²) < 4.78 is 29.0. The van der Waals surface area contributed by atoms with Crippen LogP contribution in [0.4, 0.5) is 0 Å². The first-order valence-corrected chi connectivity index (χ1v) is 13.0. The van der Waals surface area contributed by atoms with E-state index in [1.807, 2.05) is 17.0 Å². The Labute approximate surface area is 211 Å². The van der Waals surface area contributed by atoms with Crippen molar-refractivity contribution in [2.45, 2.75) is 96.2 Å². The quantitative estimate of drug-likeness (QED) is 0.253. The van der Waals surface area contributed by atoms with Crippen molar-refractivity contribution in [2.24, 2.45) is 0 Å². The summed E-state index contributed by atoms with van der Waals surface area (Å²) in [6, 6.07) is 8.55. The lowest BCUT2D eigenvalue weighted by molar-refractivity contribution is -0.151. The summed E-state index contributed by atoms with van der Waals surface area (Å²) in [7, 11) is 2.86. The van der Waals surface area contributed by atoms with E-state index >= 15 is 0 Å².